The molecule has 0 N–H and O–H groups in total. The third kappa shape index (κ3) is 23.8. The molecule has 0 aliphatic carbocycles. The van der Waals surface area contributed by atoms with Crippen LogP contribution < -0.4 is 0 Å². The summed E-state index contributed by atoms with van der Waals surface area (Å²) in [5.74, 6) is 0. The van der Waals surface area contributed by atoms with Crippen molar-refractivity contribution in [1.29, 1.82) is 0 Å². The number of hydrogen-bond acceptors (Lipinski definition) is 0. The van der Waals surface area contributed by atoms with E-state index in [4.69, 9.17) is 0 Å². The van der Waals surface area contributed by atoms with Gasteiger partial charge in [-0.2, -0.15) is 0 Å². The maximum Gasteiger partial charge on any atom is 0 e. The quantitative estimate of drug-likeness (QED) is 0.395. The standard InChI is InChI=1S/Ca.Cu.Fe.Mn.Pb.Zn. The third-order valence-electron chi connectivity index (χ3n) is 0. The fraction of sp³-hybridized carbons (Fsp3) is 0. The van der Waals surface area contributed by atoms with E-state index in [0.29, 0.717) is 0 Å². The van der Waals surface area contributed by atoms with Gasteiger partial charge in [0, 0.05) is 136 Å². The Hall–Kier alpha value is 4.36. The first-order valence-electron chi connectivity index (χ1n) is 0. The van der Waals surface area contributed by atoms with Gasteiger partial charge in [0.2, 0.25) is 0 Å². The van der Waals surface area contributed by atoms with Crippen LogP contribution in [0.15, 0.2) is 0 Å². The second-order valence-electron chi connectivity index (χ2n) is 0. The predicted octanol–water partition coefficient (Wildman–Crippen LogP) is -0.772. The summed E-state index contributed by atoms with van der Waals surface area (Å²) in [7, 11) is 0. The van der Waals surface area contributed by atoms with Crippen LogP contribution in [0.2, 0.25) is 0 Å². The second kappa shape index (κ2) is 34.4. The zero-order chi connectivity index (χ0) is 0. The summed E-state index contributed by atoms with van der Waals surface area (Å²) in [5.41, 5.74) is 0. The van der Waals surface area contributed by atoms with E-state index in [1.807, 2.05) is 0 Å². The van der Waals surface area contributed by atoms with Crippen molar-refractivity contribution in [2.24, 2.45) is 0 Å². The Bertz CT molecular complexity index is 15.5. The van der Waals surface area contributed by atoms with E-state index >= 15 is 0 Å². The van der Waals surface area contributed by atoms with Gasteiger partial charge in [-0.25, -0.2) is 0 Å². The summed E-state index contributed by atoms with van der Waals surface area (Å²) in [4.78, 5) is 0. The van der Waals surface area contributed by atoms with Gasteiger partial charge in [0.05, 0.1) is 0 Å². The molecule has 0 aliphatic rings. The summed E-state index contributed by atoms with van der Waals surface area (Å²) in [6.07, 6.45) is 0. The van der Waals surface area contributed by atoms with Gasteiger partial charge < -0.3 is 0 Å². The van der Waals surface area contributed by atoms with Crippen molar-refractivity contribution >= 4 is 65.0 Å². The third-order valence-corrected chi connectivity index (χ3v) is 0. The molecule has 34 valence electrons. The number of rotatable bonds is 0. The molecular weight excluding hydrogens is 487 g/mol. The second-order valence-corrected chi connectivity index (χ2v) is 0. The SMILES string of the molecule is [Ca].[Cu].[Fe].[Mn].[Pb].[Zn]. The van der Waals surface area contributed by atoms with Gasteiger partial charge in [0.15, 0.2) is 0 Å². The maximum absolute atomic E-state index is 0. The van der Waals surface area contributed by atoms with Gasteiger partial charge in [-0.05, 0) is 0 Å². The van der Waals surface area contributed by atoms with Crippen molar-refractivity contribution in [3.8, 4) is 0 Å². The van der Waals surface area contributed by atoms with E-state index < -0.39 is 0 Å². The molecule has 0 aromatic rings. The minimum Gasteiger partial charge on any atom is 0 e. The van der Waals surface area contributed by atoms with Crippen LogP contribution in [-0.4, -0.2) is 65.0 Å². The summed E-state index contributed by atoms with van der Waals surface area (Å²) >= 11 is 0. The van der Waals surface area contributed by atoms with Crippen molar-refractivity contribution in [3.63, 3.8) is 0 Å². The van der Waals surface area contributed by atoms with Crippen LogP contribution in [-0.2, 0) is 70.7 Å². The predicted molar refractivity (Wildman–Crippen MR) is 11.5 cm³/mol. The first kappa shape index (κ1) is 47.7. The molecule has 6 heteroatoms. The van der Waals surface area contributed by atoms with Crippen molar-refractivity contribution in [2.45, 2.75) is 0 Å². The Morgan fingerprint density at radius 3 is 1.00 bits per heavy atom. The molecule has 0 saturated carbocycles. The fourth-order valence-corrected chi connectivity index (χ4v) is 0. The zero-order valence-electron chi connectivity index (χ0n) is 2.95. The first-order valence-corrected chi connectivity index (χ1v) is 0. The maximum atomic E-state index is 0. The molecule has 0 aromatic heterocycles. The Kier molecular flexibility index (Phi) is 274. The van der Waals surface area contributed by atoms with Gasteiger partial charge in [-0.1, -0.05) is 0 Å². The summed E-state index contributed by atoms with van der Waals surface area (Å²) in [5, 5.41) is 0. The van der Waals surface area contributed by atoms with Crippen molar-refractivity contribution in [1.82, 2.24) is 0 Å². The van der Waals surface area contributed by atoms with Gasteiger partial charge in [0.1, 0.15) is 0 Å². The van der Waals surface area contributed by atoms with Crippen LogP contribution in [0, 0.1) is 0 Å². The smallest absolute Gasteiger partial charge is 0 e. The molecular formula is CaCuFeMnPbZn. The summed E-state index contributed by atoms with van der Waals surface area (Å²) in [6.45, 7) is 0. The fourth-order valence-electron chi connectivity index (χ4n) is 0. The molecule has 6 heavy (non-hydrogen) atoms. The molecule has 0 atom stereocenters. The monoisotopic (exact) mass is 486 g/mol. The molecule has 0 heterocycles. The molecule has 0 unspecified atom stereocenters. The summed E-state index contributed by atoms with van der Waals surface area (Å²) in [6, 6.07) is 0. The Labute approximate surface area is 132 Å². The van der Waals surface area contributed by atoms with E-state index in [1.165, 1.54) is 0 Å². The Balaban J connectivity index is 0. The van der Waals surface area contributed by atoms with Crippen molar-refractivity contribution in [2.75, 3.05) is 0 Å². The minimum absolute atomic E-state index is 0. The minimum atomic E-state index is 0. The normalized spacial score (nSPS) is 0. The van der Waals surface area contributed by atoms with Crippen LogP contribution >= 0.6 is 0 Å². The molecule has 0 nitrogen and oxygen atoms in total. The average molecular weight is 487 g/mol. The van der Waals surface area contributed by atoms with Crippen LogP contribution in [0.3, 0.4) is 0 Å². The van der Waals surface area contributed by atoms with Crippen LogP contribution in [0.1, 0.15) is 0 Å². The molecule has 8 radical (unpaired) electrons. The van der Waals surface area contributed by atoms with Gasteiger partial charge >= 0.3 is 0 Å². The molecule has 0 fully saturated rings. The van der Waals surface area contributed by atoms with Crippen LogP contribution in [0.25, 0.3) is 0 Å². The molecule has 0 aromatic carbocycles. The molecule has 0 rings (SSSR count). The average Bonchev–Trinajstić information content (AvgIpc) is 0. The molecule has 0 spiro atoms. The molecule has 0 amide bonds. The topological polar surface area (TPSA) is 0 Å². The van der Waals surface area contributed by atoms with E-state index in [2.05, 4.69) is 0 Å². The largest absolute Gasteiger partial charge is 0 e. The molecule has 0 saturated heterocycles. The van der Waals surface area contributed by atoms with Gasteiger partial charge in [-0.15, -0.1) is 0 Å². The van der Waals surface area contributed by atoms with Crippen molar-refractivity contribution < 1.29 is 70.7 Å². The van der Waals surface area contributed by atoms with Gasteiger partial charge in [-0.3, -0.25) is 0 Å². The number of hydrogen-bond donors (Lipinski definition) is 0. The Morgan fingerprint density at radius 2 is 1.00 bits per heavy atom. The van der Waals surface area contributed by atoms with Crippen LogP contribution in [0.5, 0.6) is 0 Å². The van der Waals surface area contributed by atoms with E-state index in [0.717, 1.165) is 0 Å². The Morgan fingerprint density at radius 1 is 1.00 bits per heavy atom. The zero-order valence-corrected chi connectivity index (χ0v) is 15.2. The molecule has 0 aliphatic heterocycles. The van der Waals surface area contributed by atoms with Crippen molar-refractivity contribution in [3.05, 3.63) is 0 Å². The van der Waals surface area contributed by atoms with E-state index in [-0.39, 0.29) is 136 Å². The van der Waals surface area contributed by atoms with Gasteiger partial charge in [0.25, 0.3) is 0 Å². The first-order chi connectivity index (χ1) is 0. The van der Waals surface area contributed by atoms with Crippen LogP contribution in [0.4, 0.5) is 0 Å². The van der Waals surface area contributed by atoms with E-state index in [9.17, 15) is 0 Å². The summed E-state index contributed by atoms with van der Waals surface area (Å²) < 4.78 is 0. The molecule has 0 bridgehead atoms. The van der Waals surface area contributed by atoms with E-state index in [1.54, 1.807) is 0 Å².